The van der Waals surface area contributed by atoms with Crippen LogP contribution in [0.4, 0.5) is 0 Å². The first kappa shape index (κ1) is 11.5. The normalized spacial score (nSPS) is 22.1. The van der Waals surface area contributed by atoms with Gasteiger partial charge in [0.05, 0.1) is 11.3 Å². The van der Waals surface area contributed by atoms with Gasteiger partial charge >= 0.3 is 0 Å². The predicted octanol–water partition coefficient (Wildman–Crippen LogP) is 2.49. The Balaban J connectivity index is 2.69. The molecule has 0 aromatic heterocycles. The van der Waals surface area contributed by atoms with Gasteiger partial charge in [0.25, 0.3) is 0 Å². The van der Waals surface area contributed by atoms with Crippen LogP contribution in [-0.4, -0.2) is 34.4 Å². The van der Waals surface area contributed by atoms with Crippen molar-refractivity contribution in [1.82, 2.24) is 4.90 Å². The van der Waals surface area contributed by atoms with Crippen molar-refractivity contribution in [2.24, 2.45) is 5.16 Å². The van der Waals surface area contributed by atoms with E-state index in [9.17, 15) is 0 Å². The van der Waals surface area contributed by atoms with E-state index >= 15 is 0 Å². The summed E-state index contributed by atoms with van der Waals surface area (Å²) in [4.78, 5) is 2.43. The maximum absolute atomic E-state index is 8.83. The van der Waals surface area contributed by atoms with E-state index in [1.807, 2.05) is 6.92 Å². The maximum atomic E-state index is 8.83. The van der Waals surface area contributed by atoms with Crippen LogP contribution >= 0.6 is 0 Å². The molecule has 1 N–H and O–H groups in total. The molecule has 0 amide bonds. The van der Waals surface area contributed by atoms with Crippen molar-refractivity contribution in [3.8, 4) is 0 Å². The van der Waals surface area contributed by atoms with Gasteiger partial charge in [-0.1, -0.05) is 18.0 Å². The molecule has 14 heavy (non-hydrogen) atoms. The molecule has 0 spiro atoms. The molecule has 1 heterocycles. The van der Waals surface area contributed by atoms with Gasteiger partial charge in [0.15, 0.2) is 0 Å². The van der Waals surface area contributed by atoms with Crippen molar-refractivity contribution in [2.45, 2.75) is 52.0 Å². The molecule has 0 atom stereocenters. The molecule has 1 saturated heterocycles. The van der Waals surface area contributed by atoms with Crippen molar-refractivity contribution in [2.75, 3.05) is 13.1 Å². The zero-order chi connectivity index (χ0) is 10.6. The number of likely N-dealkylation sites (tertiary alicyclic amines) is 1. The van der Waals surface area contributed by atoms with E-state index in [1.54, 1.807) is 0 Å². The monoisotopic (exact) mass is 198 g/mol. The average Bonchev–Trinajstić information content (AvgIpc) is 2.44. The number of nitrogens with zero attached hydrogens (tertiary/aromatic N) is 2. The van der Waals surface area contributed by atoms with Crippen LogP contribution < -0.4 is 0 Å². The van der Waals surface area contributed by atoms with Gasteiger partial charge in [-0.3, -0.25) is 4.90 Å². The third-order valence-corrected chi connectivity index (χ3v) is 3.43. The first-order valence-corrected chi connectivity index (χ1v) is 5.53. The quantitative estimate of drug-likeness (QED) is 0.420. The van der Waals surface area contributed by atoms with Crippen LogP contribution in [0.2, 0.25) is 0 Å². The topological polar surface area (TPSA) is 35.8 Å². The molecule has 82 valence electrons. The van der Waals surface area contributed by atoms with Crippen LogP contribution in [-0.2, 0) is 0 Å². The van der Waals surface area contributed by atoms with E-state index < -0.39 is 0 Å². The fourth-order valence-corrected chi connectivity index (χ4v) is 1.98. The molecule has 1 rings (SSSR count). The van der Waals surface area contributed by atoms with E-state index in [4.69, 9.17) is 5.21 Å². The van der Waals surface area contributed by atoms with Crippen molar-refractivity contribution in [3.05, 3.63) is 0 Å². The lowest BCUT2D eigenvalue weighted by Crippen LogP contribution is -2.49. The Morgan fingerprint density at radius 2 is 1.64 bits per heavy atom. The second kappa shape index (κ2) is 4.78. The largest absolute Gasteiger partial charge is 0.411 e. The Kier molecular flexibility index (Phi) is 3.93. The van der Waals surface area contributed by atoms with Gasteiger partial charge in [-0.2, -0.15) is 0 Å². The minimum absolute atomic E-state index is 0.0981. The summed E-state index contributed by atoms with van der Waals surface area (Å²) in [5.41, 5.74) is 0.707. The second-order valence-electron chi connectivity index (χ2n) is 4.65. The molecule has 1 aliphatic heterocycles. The Bertz CT molecular complexity index is 203. The molecular weight excluding hydrogens is 176 g/mol. The molecule has 3 heteroatoms. The Hall–Kier alpha value is -0.570. The number of rotatable bonds is 2. The average molecular weight is 198 g/mol. The van der Waals surface area contributed by atoms with Gasteiger partial charge in [0, 0.05) is 0 Å². The Morgan fingerprint density at radius 1 is 1.14 bits per heavy atom. The predicted molar refractivity (Wildman–Crippen MR) is 59.0 cm³/mol. The minimum Gasteiger partial charge on any atom is -0.411 e. The highest BCUT2D eigenvalue weighted by Gasteiger charge is 2.30. The van der Waals surface area contributed by atoms with E-state index in [2.05, 4.69) is 23.9 Å². The summed E-state index contributed by atoms with van der Waals surface area (Å²) in [5.74, 6) is 0. The highest BCUT2D eigenvalue weighted by Crippen LogP contribution is 2.21. The third-order valence-electron chi connectivity index (χ3n) is 3.43. The standard InChI is InChI=1S/C11H22N2O/c1-10(12-14)11(2,3)13-8-6-4-5-7-9-13/h14H,4-9H2,1-3H3/b12-10+. The van der Waals surface area contributed by atoms with Crippen molar-refractivity contribution >= 4 is 5.71 Å². The van der Waals surface area contributed by atoms with Crippen molar-refractivity contribution in [1.29, 1.82) is 0 Å². The summed E-state index contributed by atoms with van der Waals surface area (Å²) in [6.45, 7) is 8.41. The molecule has 0 aromatic carbocycles. The van der Waals surface area contributed by atoms with Gasteiger partial charge in [0.1, 0.15) is 0 Å². The van der Waals surface area contributed by atoms with E-state index in [-0.39, 0.29) is 5.54 Å². The van der Waals surface area contributed by atoms with Crippen LogP contribution in [0.5, 0.6) is 0 Å². The van der Waals surface area contributed by atoms with Crippen molar-refractivity contribution < 1.29 is 5.21 Å². The summed E-state index contributed by atoms with van der Waals surface area (Å²) in [5, 5.41) is 12.2. The second-order valence-corrected chi connectivity index (χ2v) is 4.65. The summed E-state index contributed by atoms with van der Waals surface area (Å²) >= 11 is 0. The highest BCUT2D eigenvalue weighted by molar-refractivity contribution is 5.90. The minimum atomic E-state index is -0.0981. The van der Waals surface area contributed by atoms with Gasteiger partial charge in [0.2, 0.25) is 0 Å². The molecular formula is C11H22N2O. The maximum Gasteiger partial charge on any atom is 0.0736 e. The molecule has 3 nitrogen and oxygen atoms in total. The zero-order valence-electron chi connectivity index (χ0n) is 9.58. The first-order valence-electron chi connectivity index (χ1n) is 5.53. The number of hydrogen-bond acceptors (Lipinski definition) is 3. The van der Waals surface area contributed by atoms with Gasteiger partial charge in [-0.15, -0.1) is 0 Å². The first-order chi connectivity index (χ1) is 6.59. The molecule has 1 aliphatic rings. The molecule has 0 aromatic rings. The van der Waals surface area contributed by atoms with Crippen LogP contribution in [0.3, 0.4) is 0 Å². The Morgan fingerprint density at radius 3 is 2.07 bits per heavy atom. The lowest BCUT2D eigenvalue weighted by Gasteiger charge is -2.37. The van der Waals surface area contributed by atoms with E-state index in [1.165, 1.54) is 25.7 Å². The van der Waals surface area contributed by atoms with E-state index in [0.29, 0.717) is 0 Å². The third kappa shape index (κ3) is 2.47. The fourth-order valence-electron chi connectivity index (χ4n) is 1.98. The fraction of sp³-hybridized carbons (Fsp3) is 0.909. The van der Waals surface area contributed by atoms with Gasteiger partial charge in [-0.25, -0.2) is 0 Å². The molecule has 1 fully saturated rings. The molecule has 0 aliphatic carbocycles. The highest BCUT2D eigenvalue weighted by atomic mass is 16.4. The SMILES string of the molecule is C/C(=N\O)C(C)(C)N1CCCCCC1. The summed E-state index contributed by atoms with van der Waals surface area (Å²) in [7, 11) is 0. The lowest BCUT2D eigenvalue weighted by molar-refractivity contribution is 0.178. The molecule has 0 unspecified atom stereocenters. The number of hydrogen-bond donors (Lipinski definition) is 1. The Labute approximate surface area is 86.8 Å². The van der Waals surface area contributed by atoms with Crippen molar-refractivity contribution in [3.63, 3.8) is 0 Å². The molecule has 0 saturated carbocycles. The summed E-state index contributed by atoms with van der Waals surface area (Å²) < 4.78 is 0. The van der Waals surface area contributed by atoms with Crippen LogP contribution in [0, 0.1) is 0 Å². The smallest absolute Gasteiger partial charge is 0.0736 e. The molecule has 0 bridgehead atoms. The van der Waals surface area contributed by atoms with Gasteiger partial charge < -0.3 is 5.21 Å². The molecule has 0 radical (unpaired) electrons. The van der Waals surface area contributed by atoms with Crippen LogP contribution in [0.15, 0.2) is 5.16 Å². The van der Waals surface area contributed by atoms with E-state index in [0.717, 1.165) is 18.8 Å². The zero-order valence-corrected chi connectivity index (χ0v) is 9.58. The lowest BCUT2D eigenvalue weighted by atomic mass is 9.96. The summed E-state index contributed by atoms with van der Waals surface area (Å²) in [6, 6.07) is 0. The number of oxime groups is 1. The van der Waals surface area contributed by atoms with Crippen LogP contribution in [0.25, 0.3) is 0 Å². The summed E-state index contributed by atoms with van der Waals surface area (Å²) in [6.07, 6.45) is 5.20. The van der Waals surface area contributed by atoms with Crippen LogP contribution in [0.1, 0.15) is 46.5 Å². The van der Waals surface area contributed by atoms with Gasteiger partial charge in [-0.05, 0) is 46.7 Å².